The van der Waals surface area contributed by atoms with Gasteiger partial charge in [-0.1, -0.05) is 32.0 Å². The third-order valence-corrected chi connectivity index (χ3v) is 8.79. The molecular formula is C29H32N4O6S. The van der Waals surface area contributed by atoms with E-state index in [0.717, 1.165) is 5.69 Å². The van der Waals surface area contributed by atoms with Crippen LogP contribution in [-0.2, 0) is 19.6 Å². The van der Waals surface area contributed by atoms with Crippen LogP contribution in [0.2, 0.25) is 0 Å². The monoisotopic (exact) mass is 564 g/mol. The van der Waals surface area contributed by atoms with Crippen LogP contribution in [0.1, 0.15) is 30.6 Å². The van der Waals surface area contributed by atoms with E-state index in [9.17, 15) is 22.8 Å². The number of nitrogens with zero attached hydrogens (tertiary/aromatic N) is 2. The second kappa shape index (κ2) is 12.3. The van der Waals surface area contributed by atoms with Gasteiger partial charge >= 0.3 is 0 Å². The molecule has 0 aliphatic carbocycles. The van der Waals surface area contributed by atoms with Gasteiger partial charge in [0.15, 0.2) is 0 Å². The lowest BCUT2D eigenvalue weighted by atomic mass is 10.1. The molecule has 1 unspecified atom stereocenters. The highest BCUT2D eigenvalue weighted by Gasteiger charge is 2.35. The Morgan fingerprint density at radius 2 is 1.65 bits per heavy atom. The fraction of sp³-hybridized carbons (Fsp3) is 0.276. The molecule has 210 valence electrons. The number of hydrogen-bond donors (Lipinski definition) is 2. The average molecular weight is 565 g/mol. The number of hydrogen-bond acceptors (Lipinski definition) is 6. The molecule has 1 atom stereocenters. The first-order valence-corrected chi connectivity index (χ1v) is 14.4. The van der Waals surface area contributed by atoms with Crippen molar-refractivity contribution in [3.05, 3.63) is 78.4 Å². The fourth-order valence-corrected chi connectivity index (χ4v) is 6.03. The van der Waals surface area contributed by atoms with Gasteiger partial charge in [-0.05, 0) is 54.6 Å². The molecule has 1 saturated heterocycles. The molecule has 1 aliphatic rings. The minimum atomic E-state index is -3.73. The zero-order valence-corrected chi connectivity index (χ0v) is 23.4. The normalized spacial score (nSPS) is 15.2. The fourth-order valence-electron chi connectivity index (χ4n) is 4.54. The standard InChI is InChI=1S/C29H32N4O6S/c1-4-32(5-2)40(37,38)24-15-16-26(39-3)25(18-24)31-28(35)20-11-13-22(14-12-20)30-29(36)21-17-27(34)33(19-21)23-9-7-6-8-10-23/h6-16,18,21H,4-5,17,19H2,1-3H3,(H,30,36)(H,31,35). The lowest BCUT2D eigenvalue weighted by Crippen LogP contribution is -2.30. The third-order valence-electron chi connectivity index (χ3n) is 6.74. The topological polar surface area (TPSA) is 125 Å². The number of rotatable bonds is 10. The van der Waals surface area contributed by atoms with Crippen LogP contribution in [0.25, 0.3) is 0 Å². The van der Waals surface area contributed by atoms with Crippen molar-refractivity contribution < 1.29 is 27.5 Å². The van der Waals surface area contributed by atoms with Crippen molar-refractivity contribution in [3.8, 4) is 5.75 Å². The van der Waals surface area contributed by atoms with E-state index < -0.39 is 21.8 Å². The van der Waals surface area contributed by atoms with Gasteiger partial charge in [-0.25, -0.2) is 8.42 Å². The summed E-state index contributed by atoms with van der Waals surface area (Å²) in [4.78, 5) is 39.9. The summed E-state index contributed by atoms with van der Waals surface area (Å²) in [5, 5.41) is 5.53. The third kappa shape index (κ3) is 6.16. The lowest BCUT2D eigenvalue weighted by molar-refractivity contribution is -0.122. The number of carbonyl (C=O) groups excluding carboxylic acids is 3. The van der Waals surface area contributed by atoms with E-state index in [4.69, 9.17) is 4.74 Å². The number of amides is 3. The molecule has 1 aliphatic heterocycles. The highest BCUT2D eigenvalue weighted by molar-refractivity contribution is 7.89. The Morgan fingerprint density at radius 3 is 2.27 bits per heavy atom. The number of para-hydroxylation sites is 1. The summed E-state index contributed by atoms with van der Waals surface area (Å²) in [7, 11) is -2.31. The zero-order valence-electron chi connectivity index (χ0n) is 22.6. The highest BCUT2D eigenvalue weighted by Crippen LogP contribution is 2.30. The van der Waals surface area contributed by atoms with Crippen molar-refractivity contribution in [2.24, 2.45) is 5.92 Å². The molecule has 40 heavy (non-hydrogen) atoms. The number of nitrogens with one attached hydrogen (secondary N) is 2. The van der Waals surface area contributed by atoms with Crippen LogP contribution in [0.15, 0.2) is 77.7 Å². The summed E-state index contributed by atoms with van der Waals surface area (Å²) in [5.41, 5.74) is 1.75. The van der Waals surface area contributed by atoms with Crippen molar-refractivity contribution in [2.45, 2.75) is 25.2 Å². The molecule has 0 radical (unpaired) electrons. The maximum Gasteiger partial charge on any atom is 0.255 e. The van der Waals surface area contributed by atoms with Gasteiger partial charge in [-0.2, -0.15) is 4.31 Å². The maximum atomic E-state index is 13.0. The Hall–Kier alpha value is -4.22. The molecule has 0 spiro atoms. The molecule has 1 fully saturated rings. The van der Waals surface area contributed by atoms with Crippen LogP contribution >= 0.6 is 0 Å². The van der Waals surface area contributed by atoms with Gasteiger partial charge in [0.25, 0.3) is 5.91 Å². The molecule has 3 amide bonds. The van der Waals surface area contributed by atoms with Gasteiger partial charge in [-0.15, -0.1) is 0 Å². The molecule has 3 aromatic rings. The number of sulfonamides is 1. The summed E-state index contributed by atoms with van der Waals surface area (Å²) in [6.45, 7) is 4.44. The first kappa shape index (κ1) is 28.8. The van der Waals surface area contributed by atoms with E-state index in [2.05, 4.69) is 10.6 Å². The Balaban J connectivity index is 1.42. The molecule has 2 N–H and O–H groups in total. The van der Waals surface area contributed by atoms with E-state index in [1.165, 1.54) is 29.6 Å². The summed E-state index contributed by atoms with van der Waals surface area (Å²) < 4.78 is 32.5. The van der Waals surface area contributed by atoms with Crippen LogP contribution < -0.4 is 20.3 Å². The Bertz CT molecular complexity index is 1490. The van der Waals surface area contributed by atoms with Gasteiger partial charge < -0.3 is 20.3 Å². The molecule has 1 heterocycles. The highest BCUT2D eigenvalue weighted by atomic mass is 32.2. The molecule has 0 aromatic heterocycles. The summed E-state index contributed by atoms with van der Waals surface area (Å²) >= 11 is 0. The van der Waals surface area contributed by atoms with Crippen LogP contribution in [0.4, 0.5) is 17.1 Å². The van der Waals surface area contributed by atoms with Crippen molar-refractivity contribution >= 4 is 44.8 Å². The molecule has 4 rings (SSSR count). The van der Waals surface area contributed by atoms with Gasteiger partial charge in [0.1, 0.15) is 5.75 Å². The smallest absolute Gasteiger partial charge is 0.255 e. The van der Waals surface area contributed by atoms with Crippen LogP contribution in [-0.4, -0.2) is 57.2 Å². The van der Waals surface area contributed by atoms with Crippen molar-refractivity contribution in [1.82, 2.24) is 4.31 Å². The van der Waals surface area contributed by atoms with Crippen molar-refractivity contribution in [2.75, 3.05) is 42.3 Å². The van der Waals surface area contributed by atoms with Crippen LogP contribution in [0.5, 0.6) is 5.75 Å². The van der Waals surface area contributed by atoms with Gasteiger partial charge in [0.05, 0.1) is 23.6 Å². The average Bonchev–Trinajstić information content (AvgIpc) is 3.36. The van der Waals surface area contributed by atoms with Crippen LogP contribution in [0, 0.1) is 5.92 Å². The molecule has 0 saturated carbocycles. The summed E-state index contributed by atoms with van der Waals surface area (Å²) in [6, 6.07) is 19.8. The largest absolute Gasteiger partial charge is 0.495 e. The number of benzene rings is 3. The van der Waals surface area contributed by atoms with E-state index >= 15 is 0 Å². The Labute approximate surface area is 234 Å². The molecule has 10 nitrogen and oxygen atoms in total. The minimum absolute atomic E-state index is 0.0431. The van der Waals surface area contributed by atoms with Crippen molar-refractivity contribution in [1.29, 1.82) is 0 Å². The minimum Gasteiger partial charge on any atom is -0.495 e. The second-order valence-corrected chi connectivity index (χ2v) is 11.2. The lowest BCUT2D eigenvalue weighted by Gasteiger charge is -2.19. The maximum absolute atomic E-state index is 13.0. The Kier molecular flexibility index (Phi) is 8.86. The first-order valence-electron chi connectivity index (χ1n) is 12.9. The number of ether oxygens (including phenoxy) is 1. The first-order chi connectivity index (χ1) is 19.2. The van der Waals surface area contributed by atoms with E-state index in [0.29, 0.717) is 36.6 Å². The molecular weight excluding hydrogens is 532 g/mol. The van der Waals surface area contributed by atoms with Gasteiger partial charge in [-0.3, -0.25) is 14.4 Å². The summed E-state index contributed by atoms with van der Waals surface area (Å²) in [6.07, 6.45) is 0.117. The molecule has 0 bridgehead atoms. The molecule has 3 aromatic carbocycles. The SMILES string of the molecule is CCN(CC)S(=O)(=O)c1ccc(OC)c(NC(=O)c2ccc(NC(=O)C3CC(=O)N(c4ccccc4)C3)cc2)c1. The number of carbonyl (C=O) groups is 3. The van der Waals surface area contributed by atoms with E-state index in [1.54, 1.807) is 43.0 Å². The predicted molar refractivity (Wildman–Crippen MR) is 153 cm³/mol. The van der Waals surface area contributed by atoms with E-state index in [1.807, 2.05) is 30.3 Å². The van der Waals surface area contributed by atoms with Crippen LogP contribution in [0.3, 0.4) is 0 Å². The Morgan fingerprint density at radius 1 is 0.975 bits per heavy atom. The zero-order chi connectivity index (χ0) is 28.9. The predicted octanol–water partition coefficient (Wildman–Crippen LogP) is 3.97. The molecule has 11 heteroatoms. The van der Waals surface area contributed by atoms with E-state index in [-0.39, 0.29) is 28.8 Å². The number of methoxy groups -OCH3 is 1. The van der Waals surface area contributed by atoms with Crippen molar-refractivity contribution in [3.63, 3.8) is 0 Å². The second-order valence-electron chi connectivity index (χ2n) is 9.21. The number of anilines is 3. The quantitative estimate of drug-likeness (QED) is 0.384. The van der Waals surface area contributed by atoms with Gasteiger partial charge in [0, 0.05) is 43.0 Å². The van der Waals surface area contributed by atoms with Gasteiger partial charge in [0.2, 0.25) is 21.8 Å². The summed E-state index contributed by atoms with van der Waals surface area (Å²) in [5.74, 6) is -1.05.